The Balaban J connectivity index is 2.23. The molecule has 0 aliphatic carbocycles. The van der Waals surface area contributed by atoms with E-state index in [0.717, 1.165) is 6.07 Å². The second kappa shape index (κ2) is 5.97. The van der Waals surface area contributed by atoms with Gasteiger partial charge in [-0.25, -0.2) is 4.39 Å². The van der Waals surface area contributed by atoms with E-state index in [1.165, 1.54) is 30.3 Å². The van der Waals surface area contributed by atoms with Gasteiger partial charge in [0.25, 0.3) is 5.69 Å². The van der Waals surface area contributed by atoms with Gasteiger partial charge in [0, 0.05) is 23.8 Å². The van der Waals surface area contributed by atoms with E-state index >= 15 is 0 Å². The predicted octanol–water partition coefficient (Wildman–Crippen LogP) is 4.27. The van der Waals surface area contributed by atoms with Gasteiger partial charge < -0.3 is 10.4 Å². The molecule has 0 amide bonds. The van der Waals surface area contributed by atoms with Gasteiger partial charge >= 0.3 is 0 Å². The first-order valence-electron chi connectivity index (χ1n) is 6.07. The third kappa shape index (κ3) is 3.41. The lowest BCUT2D eigenvalue weighted by molar-refractivity contribution is -0.384. The molecule has 0 bridgehead atoms. The van der Waals surface area contributed by atoms with E-state index in [0.29, 0.717) is 11.3 Å². The van der Waals surface area contributed by atoms with Crippen molar-refractivity contribution in [1.82, 2.24) is 0 Å². The largest absolute Gasteiger partial charge is 0.508 e. The number of nitro benzene ring substituents is 1. The number of hydrogen-bond donors (Lipinski definition) is 2. The molecule has 110 valence electrons. The van der Waals surface area contributed by atoms with Gasteiger partial charge in [-0.15, -0.1) is 0 Å². The molecule has 7 heteroatoms. The van der Waals surface area contributed by atoms with E-state index in [2.05, 4.69) is 5.32 Å². The van der Waals surface area contributed by atoms with Crippen molar-refractivity contribution in [3.63, 3.8) is 0 Å². The number of non-ortho nitro benzene ring substituents is 1. The van der Waals surface area contributed by atoms with Gasteiger partial charge in [-0.05, 0) is 19.1 Å². The highest BCUT2D eigenvalue weighted by Crippen LogP contribution is 2.30. The molecule has 0 heterocycles. The van der Waals surface area contributed by atoms with Crippen molar-refractivity contribution in [2.75, 3.05) is 5.32 Å². The van der Waals surface area contributed by atoms with Crippen LogP contribution in [-0.4, -0.2) is 10.0 Å². The topological polar surface area (TPSA) is 75.4 Å². The first-order chi connectivity index (χ1) is 9.88. The van der Waals surface area contributed by atoms with Gasteiger partial charge in [0.05, 0.1) is 21.7 Å². The molecule has 0 saturated heterocycles. The lowest BCUT2D eigenvalue weighted by Crippen LogP contribution is -2.09. The zero-order chi connectivity index (χ0) is 15.6. The molecule has 2 aromatic rings. The first-order valence-corrected chi connectivity index (χ1v) is 6.45. The number of phenols is 1. The second-order valence-corrected chi connectivity index (χ2v) is 4.90. The summed E-state index contributed by atoms with van der Waals surface area (Å²) in [5.41, 5.74) is 0.693. The van der Waals surface area contributed by atoms with Crippen molar-refractivity contribution in [2.45, 2.75) is 13.0 Å². The van der Waals surface area contributed by atoms with Gasteiger partial charge in [0.2, 0.25) is 0 Å². The Hall–Kier alpha value is -2.34. The number of benzene rings is 2. The van der Waals surface area contributed by atoms with Crippen LogP contribution in [-0.2, 0) is 0 Å². The monoisotopic (exact) mass is 310 g/mol. The Kier molecular flexibility index (Phi) is 4.28. The molecule has 0 aliphatic heterocycles. The van der Waals surface area contributed by atoms with Crippen molar-refractivity contribution in [2.24, 2.45) is 0 Å². The summed E-state index contributed by atoms with van der Waals surface area (Å²) in [7, 11) is 0. The van der Waals surface area contributed by atoms with Crippen LogP contribution in [0.25, 0.3) is 0 Å². The molecule has 2 rings (SSSR count). The van der Waals surface area contributed by atoms with Crippen LogP contribution in [0.2, 0.25) is 5.02 Å². The fraction of sp³-hybridized carbons (Fsp3) is 0.143. The van der Waals surface area contributed by atoms with E-state index in [4.69, 9.17) is 11.6 Å². The predicted molar refractivity (Wildman–Crippen MR) is 78.2 cm³/mol. The first kappa shape index (κ1) is 15.1. The zero-order valence-electron chi connectivity index (χ0n) is 11.0. The number of nitrogens with one attached hydrogen (secondary N) is 1. The molecule has 2 aromatic carbocycles. The number of nitrogens with zero attached hydrogens (tertiary/aromatic N) is 1. The Morgan fingerprint density at radius 2 is 2.05 bits per heavy atom. The molecule has 0 aliphatic rings. The highest BCUT2D eigenvalue weighted by Gasteiger charge is 2.14. The average molecular weight is 311 g/mol. The van der Waals surface area contributed by atoms with Crippen LogP contribution in [0.15, 0.2) is 36.4 Å². The maximum absolute atomic E-state index is 13.8. The molecule has 1 unspecified atom stereocenters. The Morgan fingerprint density at radius 3 is 2.62 bits per heavy atom. The van der Waals surface area contributed by atoms with Crippen LogP contribution in [0.5, 0.6) is 5.75 Å². The van der Waals surface area contributed by atoms with Crippen molar-refractivity contribution in [1.29, 1.82) is 0 Å². The van der Waals surface area contributed by atoms with Crippen LogP contribution in [0.4, 0.5) is 15.8 Å². The summed E-state index contributed by atoms with van der Waals surface area (Å²) in [4.78, 5) is 10.1. The average Bonchev–Trinajstić information content (AvgIpc) is 2.40. The van der Waals surface area contributed by atoms with Crippen LogP contribution >= 0.6 is 11.6 Å². The maximum atomic E-state index is 13.8. The third-order valence-electron chi connectivity index (χ3n) is 2.99. The Morgan fingerprint density at radius 1 is 1.33 bits per heavy atom. The van der Waals surface area contributed by atoms with E-state index in [1.54, 1.807) is 6.92 Å². The standard InChI is InChI=1S/C14H12ClFN2O3/c1-8(11-4-3-10(19)7-13(11)16)17-14-5-2-9(18(20)21)6-12(14)15/h2-8,17,19H,1H3. The van der Waals surface area contributed by atoms with Crippen molar-refractivity contribution in [3.05, 3.63) is 62.9 Å². The van der Waals surface area contributed by atoms with Gasteiger partial charge in [-0.3, -0.25) is 10.1 Å². The minimum absolute atomic E-state index is 0.117. The van der Waals surface area contributed by atoms with Crippen molar-refractivity contribution >= 4 is 23.0 Å². The quantitative estimate of drug-likeness (QED) is 0.653. The molecular formula is C14H12ClFN2O3. The minimum atomic E-state index is -0.548. The van der Waals surface area contributed by atoms with Gasteiger partial charge in [0.1, 0.15) is 11.6 Å². The van der Waals surface area contributed by atoms with E-state index in [-0.39, 0.29) is 16.5 Å². The van der Waals surface area contributed by atoms with Crippen LogP contribution < -0.4 is 5.32 Å². The van der Waals surface area contributed by atoms with Crippen molar-refractivity contribution < 1.29 is 14.4 Å². The molecular weight excluding hydrogens is 299 g/mol. The molecule has 21 heavy (non-hydrogen) atoms. The number of hydrogen-bond acceptors (Lipinski definition) is 4. The summed E-state index contributed by atoms with van der Waals surface area (Å²) in [5, 5.41) is 23.0. The third-order valence-corrected chi connectivity index (χ3v) is 3.30. The summed E-state index contributed by atoms with van der Waals surface area (Å²) in [5.74, 6) is -0.704. The fourth-order valence-corrected chi connectivity index (χ4v) is 2.14. The highest BCUT2D eigenvalue weighted by atomic mass is 35.5. The number of phenolic OH excluding ortho intramolecular Hbond substituents is 1. The van der Waals surface area contributed by atoms with Gasteiger partial charge in [-0.1, -0.05) is 17.7 Å². The summed E-state index contributed by atoms with van der Waals surface area (Å²) in [6.45, 7) is 1.72. The molecule has 5 nitrogen and oxygen atoms in total. The number of nitro groups is 1. The normalized spacial score (nSPS) is 12.0. The Labute approximate surface area is 125 Å². The van der Waals surface area contributed by atoms with Crippen LogP contribution in [0.1, 0.15) is 18.5 Å². The molecule has 0 spiro atoms. The Bertz CT molecular complexity index is 694. The van der Waals surface area contributed by atoms with E-state index in [1.807, 2.05) is 0 Å². The molecule has 0 saturated carbocycles. The maximum Gasteiger partial charge on any atom is 0.271 e. The number of aromatic hydroxyl groups is 1. The lowest BCUT2D eigenvalue weighted by Gasteiger charge is -2.17. The van der Waals surface area contributed by atoms with Crippen LogP contribution in [0, 0.1) is 15.9 Å². The molecule has 1 atom stereocenters. The smallest absolute Gasteiger partial charge is 0.271 e. The number of anilines is 1. The van der Waals surface area contributed by atoms with Gasteiger partial charge in [0.15, 0.2) is 0 Å². The summed E-state index contributed by atoms with van der Waals surface area (Å²) in [6.07, 6.45) is 0. The van der Waals surface area contributed by atoms with Crippen molar-refractivity contribution in [3.8, 4) is 5.75 Å². The minimum Gasteiger partial charge on any atom is -0.508 e. The van der Waals surface area contributed by atoms with E-state index < -0.39 is 16.8 Å². The molecule has 0 radical (unpaired) electrons. The second-order valence-electron chi connectivity index (χ2n) is 4.49. The molecule has 0 aromatic heterocycles. The number of rotatable bonds is 4. The summed E-state index contributed by atoms with van der Waals surface area (Å²) < 4.78 is 13.8. The fourth-order valence-electron chi connectivity index (χ4n) is 1.91. The summed E-state index contributed by atoms with van der Waals surface area (Å²) >= 11 is 5.97. The number of halogens is 2. The highest BCUT2D eigenvalue weighted by molar-refractivity contribution is 6.33. The van der Waals surface area contributed by atoms with Crippen LogP contribution in [0.3, 0.4) is 0 Å². The molecule has 2 N–H and O–H groups in total. The SMILES string of the molecule is CC(Nc1ccc([N+](=O)[O-])cc1Cl)c1ccc(O)cc1F. The van der Waals surface area contributed by atoms with Gasteiger partial charge in [-0.2, -0.15) is 0 Å². The summed E-state index contributed by atoms with van der Waals surface area (Å²) in [6, 6.07) is 7.44. The molecule has 0 fully saturated rings. The zero-order valence-corrected chi connectivity index (χ0v) is 11.8. The van der Waals surface area contributed by atoms with E-state index in [9.17, 15) is 19.6 Å². The lowest BCUT2D eigenvalue weighted by atomic mass is 10.1.